The molecule has 1 aliphatic rings. The van der Waals surface area contributed by atoms with E-state index in [0.717, 1.165) is 18.4 Å². The molecule has 0 unspecified atom stereocenters. The molecule has 1 aliphatic carbocycles. The Morgan fingerprint density at radius 1 is 1.44 bits per heavy atom. The maximum absolute atomic E-state index is 13.1. The molecular weight excluding hydrogens is 251 g/mol. The van der Waals surface area contributed by atoms with Crippen molar-refractivity contribution in [2.24, 2.45) is 5.92 Å². The highest BCUT2D eigenvalue weighted by Crippen LogP contribution is 2.31. The van der Waals surface area contributed by atoms with Crippen molar-refractivity contribution in [2.75, 3.05) is 5.32 Å². The number of hydrogen-bond donors (Lipinski definition) is 1. The van der Waals surface area contributed by atoms with Gasteiger partial charge in [-0.2, -0.15) is 0 Å². The number of nitrogens with zero attached hydrogens (tertiary/aromatic N) is 1. The van der Waals surface area contributed by atoms with Crippen LogP contribution in [-0.4, -0.2) is 10.9 Å². The predicted molar refractivity (Wildman–Crippen MR) is 68.9 cm³/mol. The number of aromatic nitrogens is 1. The average Bonchev–Trinajstić information content (AvgIpc) is 3.10. The lowest BCUT2D eigenvalue weighted by atomic mass is 10.2. The van der Waals surface area contributed by atoms with Crippen molar-refractivity contribution >= 4 is 22.4 Å². The average molecular weight is 262 g/mol. The lowest BCUT2D eigenvalue weighted by molar-refractivity contribution is -0.117. The molecule has 0 atom stereocenters. The van der Waals surface area contributed by atoms with Gasteiger partial charge in [0.05, 0.1) is 5.69 Å². The molecule has 1 saturated carbocycles. The van der Waals surface area contributed by atoms with Gasteiger partial charge in [-0.05, 0) is 25.0 Å². The molecule has 1 aromatic carbocycles. The Hall–Kier alpha value is -1.75. The number of hydrogen-bond acceptors (Lipinski definition) is 3. The molecule has 3 rings (SSSR count). The summed E-state index contributed by atoms with van der Waals surface area (Å²) in [6, 6.07) is 6.27. The van der Waals surface area contributed by atoms with E-state index in [1.165, 1.54) is 23.5 Å². The van der Waals surface area contributed by atoms with Gasteiger partial charge in [0, 0.05) is 16.9 Å². The second-order valence-corrected chi connectivity index (χ2v) is 5.17. The van der Waals surface area contributed by atoms with Crippen LogP contribution in [0.2, 0.25) is 0 Å². The van der Waals surface area contributed by atoms with Gasteiger partial charge >= 0.3 is 0 Å². The van der Waals surface area contributed by atoms with Crippen LogP contribution in [0, 0.1) is 11.7 Å². The number of carbonyl (C=O) groups is 1. The quantitative estimate of drug-likeness (QED) is 0.922. The summed E-state index contributed by atoms with van der Waals surface area (Å²) >= 11 is 1.36. The number of benzene rings is 1. The number of anilines is 1. The zero-order valence-electron chi connectivity index (χ0n) is 9.52. The lowest BCUT2D eigenvalue weighted by Gasteiger charge is -1.98. The van der Waals surface area contributed by atoms with Crippen LogP contribution in [0.25, 0.3) is 11.3 Å². The van der Waals surface area contributed by atoms with Crippen LogP contribution >= 0.6 is 11.3 Å². The lowest BCUT2D eigenvalue weighted by Crippen LogP contribution is -2.12. The fourth-order valence-electron chi connectivity index (χ4n) is 1.66. The van der Waals surface area contributed by atoms with Crippen molar-refractivity contribution in [3.05, 3.63) is 35.5 Å². The summed E-state index contributed by atoms with van der Waals surface area (Å²) in [5.41, 5.74) is 1.41. The number of carbonyl (C=O) groups excluding carboxylic acids is 1. The van der Waals surface area contributed by atoms with Crippen LogP contribution < -0.4 is 5.32 Å². The summed E-state index contributed by atoms with van der Waals surface area (Å²) in [4.78, 5) is 15.9. The SMILES string of the molecule is O=C(Nc1nc(-c2cccc(F)c2)cs1)C1CC1. The van der Waals surface area contributed by atoms with Crippen molar-refractivity contribution < 1.29 is 9.18 Å². The van der Waals surface area contributed by atoms with E-state index in [0.29, 0.717) is 10.8 Å². The number of nitrogens with one attached hydrogen (secondary N) is 1. The molecule has 18 heavy (non-hydrogen) atoms. The summed E-state index contributed by atoms with van der Waals surface area (Å²) < 4.78 is 13.1. The first kappa shape index (κ1) is 11.3. The Morgan fingerprint density at radius 3 is 3.00 bits per heavy atom. The van der Waals surface area contributed by atoms with Gasteiger partial charge in [-0.3, -0.25) is 4.79 Å². The molecule has 1 N–H and O–H groups in total. The van der Waals surface area contributed by atoms with Gasteiger partial charge in [-0.25, -0.2) is 9.37 Å². The number of thiazole rings is 1. The van der Waals surface area contributed by atoms with Crippen molar-refractivity contribution in [1.82, 2.24) is 4.98 Å². The summed E-state index contributed by atoms with van der Waals surface area (Å²) in [6.07, 6.45) is 1.93. The molecular formula is C13H11FN2OS. The summed E-state index contributed by atoms with van der Waals surface area (Å²) in [6.45, 7) is 0. The van der Waals surface area contributed by atoms with Crippen LogP contribution in [0.5, 0.6) is 0 Å². The summed E-state index contributed by atoms with van der Waals surface area (Å²) in [5, 5.41) is 5.18. The van der Waals surface area contributed by atoms with Crippen molar-refractivity contribution in [2.45, 2.75) is 12.8 Å². The molecule has 0 aliphatic heterocycles. The molecule has 3 nitrogen and oxygen atoms in total. The van der Waals surface area contributed by atoms with Gasteiger partial charge in [0.1, 0.15) is 5.82 Å². The molecule has 1 fully saturated rings. The molecule has 0 bridgehead atoms. The predicted octanol–water partition coefficient (Wildman–Crippen LogP) is 3.30. The minimum atomic E-state index is -0.288. The van der Waals surface area contributed by atoms with Crippen LogP contribution in [-0.2, 0) is 4.79 Å². The van der Waals surface area contributed by atoms with Gasteiger partial charge in [0.15, 0.2) is 5.13 Å². The van der Waals surface area contributed by atoms with E-state index in [4.69, 9.17) is 0 Å². The number of rotatable bonds is 3. The highest BCUT2D eigenvalue weighted by atomic mass is 32.1. The molecule has 5 heteroatoms. The van der Waals surface area contributed by atoms with Gasteiger partial charge in [-0.1, -0.05) is 12.1 Å². The van der Waals surface area contributed by atoms with Crippen LogP contribution in [0.15, 0.2) is 29.6 Å². The number of halogens is 1. The third kappa shape index (κ3) is 2.41. The Kier molecular flexibility index (Phi) is 2.83. The molecule has 0 spiro atoms. The fraction of sp³-hybridized carbons (Fsp3) is 0.231. The van der Waals surface area contributed by atoms with Gasteiger partial charge in [0.25, 0.3) is 0 Å². The molecule has 1 heterocycles. The van der Waals surface area contributed by atoms with Gasteiger partial charge < -0.3 is 5.32 Å². The minimum absolute atomic E-state index is 0.0372. The van der Waals surface area contributed by atoms with E-state index < -0.39 is 0 Å². The van der Waals surface area contributed by atoms with Crippen molar-refractivity contribution in [3.63, 3.8) is 0 Å². The monoisotopic (exact) mass is 262 g/mol. The molecule has 0 radical (unpaired) electrons. The van der Waals surface area contributed by atoms with E-state index in [1.807, 2.05) is 5.38 Å². The smallest absolute Gasteiger partial charge is 0.229 e. The molecule has 1 amide bonds. The zero-order valence-corrected chi connectivity index (χ0v) is 10.3. The first-order chi connectivity index (χ1) is 8.72. The second kappa shape index (κ2) is 4.49. The van der Waals surface area contributed by atoms with E-state index in [-0.39, 0.29) is 17.6 Å². The minimum Gasteiger partial charge on any atom is -0.302 e. The maximum Gasteiger partial charge on any atom is 0.229 e. The molecule has 0 saturated heterocycles. The Balaban J connectivity index is 1.78. The highest BCUT2D eigenvalue weighted by Gasteiger charge is 2.30. The summed E-state index contributed by atoms with van der Waals surface area (Å²) in [7, 11) is 0. The Labute approximate surface area is 108 Å². The first-order valence-electron chi connectivity index (χ1n) is 5.75. The standard InChI is InChI=1S/C13H11FN2OS/c14-10-3-1-2-9(6-10)11-7-18-13(15-11)16-12(17)8-4-5-8/h1-3,6-8H,4-5H2,(H,15,16,17). The van der Waals surface area contributed by atoms with E-state index in [1.54, 1.807) is 12.1 Å². The van der Waals surface area contributed by atoms with Gasteiger partial charge in [-0.15, -0.1) is 11.3 Å². The normalized spacial score (nSPS) is 14.5. The van der Waals surface area contributed by atoms with Gasteiger partial charge in [0.2, 0.25) is 5.91 Å². The van der Waals surface area contributed by atoms with E-state index >= 15 is 0 Å². The van der Waals surface area contributed by atoms with Crippen LogP contribution in [0.3, 0.4) is 0 Å². The number of amides is 1. The van der Waals surface area contributed by atoms with Crippen LogP contribution in [0.1, 0.15) is 12.8 Å². The van der Waals surface area contributed by atoms with E-state index in [9.17, 15) is 9.18 Å². The topological polar surface area (TPSA) is 42.0 Å². The molecule has 1 aromatic heterocycles. The van der Waals surface area contributed by atoms with E-state index in [2.05, 4.69) is 10.3 Å². The van der Waals surface area contributed by atoms with Crippen molar-refractivity contribution in [3.8, 4) is 11.3 Å². The molecule has 92 valence electrons. The van der Waals surface area contributed by atoms with Crippen LogP contribution in [0.4, 0.5) is 9.52 Å². The maximum atomic E-state index is 13.1. The van der Waals surface area contributed by atoms with Crippen molar-refractivity contribution in [1.29, 1.82) is 0 Å². The fourth-order valence-corrected chi connectivity index (χ4v) is 2.39. The first-order valence-corrected chi connectivity index (χ1v) is 6.63. The summed E-state index contributed by atoms with van der Waals surface area (Å²) in [5.74, 6) is -0.0919. The largest absolute Gasteiger partial charge is 0.302 e. The Bertz CT molecular complexity index is 592. The third-order valence-corrected chi connectivity index (χ3v) is 3.56. The molecule has 2 aromatic rings. The zero-order chi connectivity index (χ0) is 12.5. The highest BCUT2D eigenvalue weighted by molar-refractivity contribution is 7.14. The second-order valence-electron chi connectivity index (χ2n) is 4.31. The third-order valence-electron chi connectivity index (χ3n) is 2.80. The Morgan fingerprint density at radius 2 is 2.28 bits per heavy atom.